The van der Waals surface area contributed by atoms with E-state index in [-0.39, 0.29) is 5.11 Å². The topological polar surface area (TPSA) is 93.2 Å². The highest BCUT2D eigenvalue weighted by Crippen LogP contribution is 2.16. The number of hydrogen-bond acceptors (Lipinski definition) is 3. The normalized spacial score (nSPS) is 9.40. The third-order valence-corrected chi connectivity index (χ3v) is 1.88. The van der Waals surface area contributed by atoms with Crippen LogP contribution in [0.5, 0.6) is 0 Å². The first-order chi connectivity index (χ1) is 6.99. The number of urea groups is 1. The van der Waals surface area contributed by atoms with Gasteiger partial charge in [-0.05, 0) is 36.8 Å². The van der Waals surface area contributed by atoms with Crippen molar-refractivity contribution in [2.45, 2.75) is 6.92 Å². The Balaban J connectivity index is 2.69. The van der Waals surface area contributed by atoms with E-state index in [9.17, 15) is 4.79 Å². The van der Waals surface area contributed by atoms with Crippen molar-refractivity contribution in [1.82, 2.24) is 5.32 Å². The number of rotatable bonds is 1. The van der Waals surface area contributed by atoms with Gasteiger partial charge in [0.25, 0.3) is 0 Å². The van der Waals surface area contributed by atoms with E-state index in [1.807, 2.05) is 13.0 Å². The predicted octanol–water partition coefficient (Wildman–Crippen LogP) is 0.942. The van der Waals surface area contributed by atoms with Gasteiger partial charge in [0.05, 0.1) is 0 Å². The second-order valence-corrected chi connectivity index (χ2v) is 3.45. The Morgan fingerprint density at radius 3 is 2.67 bits per heavy atom. The smallest absolute Gasteiger partial charge is 0.325 e. The van der Waals surface area contributed by atoms with Gasteiger partial charge >= 0.3 is 6.03 Å². The molecule has 0 radical (unpaired) electrons. The third-order valence-electron chi connectivity index (χ3n) is 1.77. The SMILES string of the molecule is Cc1ccc(NC(=O)NC(N)=S)cc1N. The Bertz CT molecular complexity index is 405. The molecule has 15 heavy (non-hydrogen) atoms. The monoisotopic (exact) mass is 224 g/mol. The molecular formula is C9H12N4OS. The van der Waals surface area contributed by atoms with E-state index in [4.69, 9.17) is 11.5 Å². The summed E-state index contributed by atoms with van der Waals surface area (Å²) < 4.78 is 0. The second-order valence-electron chi connectivity index (χ2n) is 3.01. The molecule has 5 nitrogen and oxygen atoms in total. The molecule has 2 amide bonds. The van der Waals surface area contributed by atoms with Crippen LogP contribution < -0.4 is 22.1 Å². The van der Waals surface area contributed by atoms with Gasteiger partial charge in [0.2, 0.25) is 0 Å². The van der Waals surface area contributed by atoms with Crippen LogP contribution in [0.15, 0.2) is 18.2 Å². The van der Waals surface area contributed by atoms with Crippen molar-refractivity contribution in [1.29, 1.82) is 0 Å². The lowest BCUT2D eigenvalue weighted by Crippen LogP contribution is -2.37. The van der Waals surface area contributed by atoms with Gasteiger partial charge in [-0.3, -0.25) is 5.32 Å². The molecule has 80 valence electrons. The maximum Gasteiger partial charge on any atom is 0.325 e. The fourth-order valence-electron chi connectivity index (χ4n) is 0.992. The minimum Gasteiger partial charge on any atom is -0.398 e. The van der Waals surface area contributed by atoms with Crippen LogP contribution in [0.25, 0.3) is 0 Å². The summed E-state index contributed by atoms with van der Waals surface area (Å²) in [5, 5.41) is 4.71. The number of nitrogens with one attached hydrogen (secondary N) is 2. The molecule has 1 aromatic carbocycles. The Morgan fingerprint density at radius 2 is 2.13 bits per heavy atom. The molecule has 0 fully saturated rings. The molecule has 1 rings (SSSR count). The molecule has 6 N–H and O–H groups in total. The van der Waals surface area contributed by atoms with Crippen LogP contribution in [-0.4, -0.2) is 11.1 Å². The van der Waals surface area contributed by atoms with E-state index in [1.165, 1.54) is 0 Å². The number of anilines is 2. The summed E-state index contributed by atoms with van der Waals surface area (Å²) in [7, 11) is 0. The van der Waals surface area contributed by atoms with Crippen molar-refractivity contribution in [3.05, 3.63) is 23.8 Å². The minimum absolute atomic E-state index is 0.0763. The summed E-state index contributed by atoms with van der Waals surface area (Å²) in [6, 6.07) is 4.73. The number of aryl methyl sites for hydroxylation is 1. The van der Waals surface area contributed by atoms with E-state index in [0.717, 1.165) is 5.56 Å². The predicted molar refractivity (Wildman–Crippen MR) is 64.5 cm³/mol. The number of carbonyl (C=O) groups is 1. The number of hydrogen-bond donors (Lipinski definition) is 4. The van der Waals surface area contributed by atoms with Crippen LogP contribution in [0.3, 0.4) is 0 Å². The maximum atomic E-state index is 11.2. The highest BCUT2D eigenvalue weighted by Gasteiger charge is 2.02. The number of benzene rings is 1. The summed E-state index contributed by atoms with van der Waals surface area (Å²) in [5.74, 6) is 0. The van der Waals surface area contributed by atoms with E-state index < -0.39 is 6.03 Å². The third kappa shape index (κ3) is 3.43. The Labute approximate surface area is 92.8 Å². The first-order valence-electron chi connectivity index (χ1n) is 4.22. The van der Waals surface area contributed by atoms with Crippen LogP contribution in [0, 0.1) is 6.92 Å². The molecular weight excluding hydrogens is 212 g/mol. The molecule has 0 saturated carbocycles. The quantitative estimate of drug-likeness (QED) is 0.422. The minimum atomic E-state index is -0.481. The first kappa shape index (κ1) is 11.3. The molecule has 0 spiro atoms. The van der Waals surface area contributed by atoms with Crippen LogP contribution in [0.1, 0.15) is 5.56 Å². The maximum absolute atomic E-state index is 11.2. The fourth-order valence-corrected chi connectivity index (χ4v) is 1.09. The zero-order chi connectivity index (χ0) is 11.4. The molecule has 0 aliphatic rings. The zero-order valence-electron chi connectivity index (χ0n) is 8.20. The number of nitrogen functional groups attached to an aromatic ring is 1. The molecule has 0 bridgehead atoms. The number of nitrogens with two attached hydrogens (primary N) is 2. The lowest BCUT2D eigenvalue weighted by Gasteiger charge is -2.07. The largest absolute Gasteiger partial charge is 0.398 e. The molecule has 0 saturated heterocycles. The standard InChI is InChI=1S/C9H12N4OS/c1-5-2-3-6(4-7(5)10)12-9(14)13-8(11)15/h2-4H,10H2,1H3,(H4,11,12,13,14,15). The highest BCUT2D eigenvalue weighted by molar-refractivity contribution is 7.80. The molecule has 0 heterocycles. The average Bonchev–Trinajstić information content (AvgIpc) is 2.10. The second kappa shape index (κ2) is 4.61. The Hall–Kier alpha value is -1.82. The number of amides is 2. The molecule has 0 unspecified atom stereocenters. The molecule has 0 atom stereocenters. The summed E-state index contributed by atoms with van der Waals surface area (Å²) >= 11 is 4.52. The van der Waals surface area contributed by atoms with Gasteiger partial charge in [-0.2, -0.15) is 0 Å². The average molecular weight is 224 g/mol. The van der Waals surface area contributed by atoms with Gasteiger partial charge in [0.15, 0.2) is 5.11 Å². The summed E-state index contributed by atoms with van der Waals surface area (Å²) in [6.45, 7) is 1.88. The zero-order valence-corrected chi connectivity index (χ0v) is 9.02. The van der Waals surface area contributed by atoms with E-state index in [1.54, 1.807) is 12.1 Å². The Morgan fingerprint density at radius 1 is 1.47 bits per heavy atom. The van der Waals surface area contributed by atoms with Gasteiger partial charge in [0.1, 0.15) is 0 Å². The fraction of sp³-hybridized carbons (Fsp3) is 0.111. The number of thiocarbonyl (C=S) groups is 1. The van der Waals surface area contributed by atoms with Crippen LogP contribution in [0.2, 0.25) is 0 Å². The molecule has 6 heteroatoms. The summed E-state index contributed by atoms with van der Waals surface area (Å²) in [6.07, 6.45) is 0. The van der Waals surface area contributed by atoms with Crippen molar-refractivity contribution in [3.8, 4) is 0 Å². The summed E-state index contributed by atoms with van der Waals surface area (Å²) in [4.78, 5) is 11.2. The lowest BCUT2D eigenvalue weighted by molar-refractivity contribution is 0.256. The van der Waals surface area contributed by atoms with E-state index in [0.29, 0.717) is 11.4 Å². The van der Waals surface area contributed by atoms with Gasteiger partial charge in [0, 0.05) is 11.4 Å². The van der Waals surface area contributed by atoms with Gasteiger partial charge in [-0.1, -0.05) is 6.07 Å². The molecule has 0 aromatic heterocycles. The summed E-state index contributed by atoms with van der Waals surface area (Å²) in [5.41, 5.74) is 13.0. The lowest BCUT2D eigenvalue weighted by atomic mass is 10.2. The highest BCUT2D eigenvalue weighted by atomic mass is 32.1. The van der Waals surface area contributed by atoms with Crippen molar-refractivity contribution < 1.29 is 4.79 Å². The first-order valence-corrected chi connectivity index (χ1v) is 4.63. The molecule has 1 aromatic rings. The number of carbonyl (C=O) groups excluding carboxylic acids is 1. The van der Waals surface area contributed by atoms with Crippen molar-refractivity contribution in [3.63, 3.8) is 0 Å². The van der Waals surface area contributed by atoms with Crippen molar-refractivity contribution >= 4 is 34.7 Å². The van der Waals surface area contributed by atoms with Crippen LogP contribution in [0.4, 0.5) is 16.2 Å². The molecule has 0 aliphatic heterocycles. The van der Waals surface area contributed by atoms with E-state index in [2.05, 4.69) is 22.9 Å². The van der Waals surface area contributed by atoms with Crippen LogP contribution >= 0.6 is 12.2 Å². The van der Waals surface area contributed by atoms with E-state index >= 15 is 0 Å². The van der Waals surface area contributed by atoms with Crippen molar-refractivity contribution in [2.24, 2.45) is 5.73 Å². The molecule has 0 aliphatic carbocycles. The van der Waals surface area contributed by atoms with Crippen LogP contribution in [-0.2, 0) is 0 Å². The van der Waals surface area contributed by atoms with Gasteiger partial charge < -0.3 is 16.8 Å². The van der Waals surface area contributed by atoms with Gasteiger partial charge in [-0.25, -0.2) is 4.79 Å². The van der Waals surface area contributed by atoms with Gasteiger partial charge in [-0.15, -0.1) is 0 Å². The van der Waals surface area contributed by atoms with Crippen molar-refractivity contribution in [2.75, 3.05) is 11.1 Å². The Kier molecular flexibility index (Phi) is 3.46.